The summed E-state index contributed by atoms with van der Waals surface area (Å²) < 4.78 is 13.1. The van der Waals surface area contributed by atoms with Crippen LogP contribution in [-0.4, -0.2) is 18.5 Å². The first-order chi connectivity index (χ1) is 8.15. The minimum absolute atomic E-state index is 0.0541. The van der Waals surface area contributed by atoms with Crippen LogP contribution in [0.25, 0.3) is 0 Å². The van der Waals surface area contributed by atoms with Gasteiger partial charge in [0.2, 0.25) is 5.91 Å². The Morgan fingerprint density at radius 1 is 1.47 bits per heavy atom. The molecule has 1 aromatic carbocycles. The van der Waals surface area contributed by atoms with Gasteiger partial charge in [-0.2, -0.15) is 0 Å². The first kappa shape index (κ1) is 12.3. The maximum absolute atomic E-state index is 13.1. The van der Waals surface area contributed by atoms with Gasteiger partial charge in [0, 0.05) is 24.7 Å². The van der Waals surface area contributed by atoms with Gasteiger partial charge in [-0.3, -0.25) is 4.79 Å². The van der Waals surface area contributed by atoms with Gasteiger partial charge in [0.05, 0.1) is 5.02 Å². The number of carbonyl (C=O) groups is 1. The van der Waals surface area contributed by atoms with Crippen LogP contribution in [0.4, 0.5) is 10.1 Å². The lowest BCUT2D eigenvalue weighted by molar-refractivity contribution is -0.116. The van der Waals surface area contributed by atoms with Crippen LogP contribution in [0.3, 0.4) is 0 Å². The summed E-state index contributed by atoms with van der Waals surface area (Å²) in [7, 11) is 0. The SMILES string of the molecule is O=C(CCNC1CC1)Nc1ccc(Cl)c(F)c1. The predicted molar refractivity (Wildman–Crippen MR) is 65.7 cm³/mol. The van der Waals surface area contributed by atoms with Gasteiger partial charge in [-0.05, 0) is 31.0 Å². The molecule has 0 bridgehead atoms. The molecule has 0 aliphatic heterocycles. The second-order valence-corrected chi connectivity index (χ2v) is 4.56. The molecular formula is C12H14ClFN2O. The standard InChI is InChI=1S/C12H14ClFN2O/c13-10-4-3-9(7-11(10)14)16-12(17)5-6-15-8-1-2-8/h3-4,7-8,15H,1-2,5-6H2,(H,16,17). The Balaban J connectivity index is 1.77. The Labute approximate surface area is 104 Å². The average molecular weight is 257 g/mol. The number of halogens is 2. The zero-order valence-electron chi connectivity index (χ0n) is 9.30. The van der Waals surface area contributed by atoms with E-state index in [0.717, 1.165) is 0 Å². The number of rotatable bonds is 5. The van der Waals surface area contributed by atoms with Crippen LogP contribution in [0.2, 0.25) is 5.02 Å². The molecule has 5 heteroatoms. The zero-order chi connectivity index (χ0) is 12.3. The fourth-order valence-electron chi connectivity index (χ4n) is 1.47. The van der Waals surface area contributed by atoms with Gasteiger partial charge in [-0.15, -0.1) is 0 Å². The van der Waals surface area contributed by atoms with E-state index in [0.29, 0.717) is 24.7 Å². The molecule has 17 heavy (non-hydrogen) atoms. The molecule has 0 atom stereocenters. The molecule has 2 N–H and O–H groups in total. The lowest BCUT2D eigenvalue weighted by Crippen LogP contribution is -2.23. The smallest absolute Gasteiger partial charge is 0.225 e. The van der Waals surface area contributed by atoms with Gasteiger partial charge >= 0.3 is 0 Å². The molecule has 0 radical (unpaired) electrons. The molecule has 2 rings (SSSR count). The highest BCUT2D eigenvalue weighted by atomic mass is 35.5. The van der Waals surface area contributed by atoms with E-state index < -0.39 is 5.82 Å². The van der Waals surface area contributed by atoms with Gasteiger partial charge in [0.25, 0.3) is 0 Å². The van der Waals surface area contributed by atoms with Crippen LogP contribution >= 0.6 is 11.6 Å². The van der Waals surface area contributed by atoms with Crippen molar-refractivity contribution in [2.45, 2.75) is 25.3 Å². The number of amides is 1. The minimum atomic E-state index is -0.527. The van der Waals surface area contributed by atoms with E-state index >= 15 is 0 Å². The highest BCUT2D eigenvalue weighted by Gasteiger charge is 2.20. The van der Waals surface area contributed by atoms with Crippen molar-refractivity contribution in [3.05, 3.63) is 29.0 Å². The van der Waals surface area contributed by atoms with Crippen LogP contribution in [0, 0.1) is 5.82 Å². The number of hydrogen-bond acceptors (Lipinski definition) is 2. The van der Waals surface area contributed by atoms with Gasteiger partial charge in [-0.1, -0.05) is 11.6 Å². The lowest BCUT2D eigenvalue weighted by atomic mass is 10.3. The Kier molecular flexibility index (Phi) is 3.97. The molecule has 3 nitrogen and oxygen atoms in total. The maximum atomic E-state index is 13.1. The van der Waals surface area contributed by atoms with Gasteiger partial charge < -0.3 is 10.6 Å². The summed E-state index contributed by atoms with van der Waals surface area (Å²) in [6.45, 7) is 0.659. The van der Waals surface area contributed by atoms with Crippen molar-refractivity contribution in [3.63, 3.8) is 0 Å². The quantitative estimate of drug-likeness (QED) is 0.850. The largest absolute Gasteiger partial charge is 0.326 e. The summed E-state index contributed by atoms with van der Waals surface area (Å²) in [6, 6.07) is 4.82. The van der Waals surface area contributed by atoms with Crippen molar-refractivity contribution >= 4 is 23.2 Å². The van der Waals surface area contributed by atoms with E-state index in [2.05, 4.69) is 10.6 Å². The fourth-order valence-corrected chi connectivity index (χ4v) is 1.59. The fraction of sp³-hybridized carbons (Fsp3) is 0.417. The number of nitrogens with one attached hydrogen (secondary N) is 2. The van der Waals surface area contributed by atoms with E-state index in [1.165, 1.54) is 25.0 Å². The average Bonchev–Trinajstić information content (AvgIpc) is 3.07. The van der Waals surface area contributed by atoms with Crippen LogP contribution < -0.4 is 10.6 Å². The third kappa shape index (κ3) is 3.98. The number of hydrogen-bond donors (Lipinski definition) is 2. The topological polar surface area (TPSA) is 41.1 Å². The second kappa shape index (κ2) is 5.47. The van der Waals surface area contributed by atoms with Gasteiger partial charge in [-0.25, -0.2) is 4.39 Å². The molecule has 0 spiro atoms. The van der Waals surface area contributed by atoms with Crippen molar-refractivity contribution in [3.8, 4) is 0 Å². The summed E-state index contributed by atoms with van der Waals surface area (Å²) in [5.74, 6) is -0.652. The molecular weight excluding hydrogens is 243 g/mol. The van der Waals surface area contributed by atoms with Crippen LogP contribution in [0.15, 0.2) is 18.2 Å². The van der Waals surface area contributed by atoms with E-state index in [4.69, 9.17) is 11.6 Å². The monoisotopic (exact) mass is 256 g/mol. The van der Waals surface area contributed by atoms with Crippen molar-refractivity contribution in [1.82, 2.24) is 5.32 Å². The van der Waals surface area contributed by atoms with E-state index in [-0.39, 0.29) is 10.9 Å². The minimum Gasteiger partial charge on any atom is -0.326 e. The van der Waals surface area contributed by atoms with Crippen LogP contribution in [-0.2, 0) is 4.79 Å². The summed E-state index contributed by atoms with van der Waals surface area (Å²) in [5.41, 5.74) is 0.434. The van der Waals surface area contributed by atoms with Gasteiger partial charge in [0.15, 0.2) is 0 Å². The van der Waals surface area contributed by atoms with E-state index in [9.17, 15) is 9.18 Å². The highest BCUT2D eigenvalue weighted by molar-refractivity contribution is 6.30. The van der Waals surface area contributed by atoms with Crippen LogP contribution in [0.1, 0.15) is 19.3 Å². The number of benzene rings is 1. The second-order valence-electron chi connectivity index (χ2n) is 4.16. The third-order valence-electron chi connectivity index (χ3n) is 2.57. The Hall–Kier alpha value is -1.13. The number of carbonyl (C=O) groups excluding carboxylic acids is 1. The van der Waals surface area contributed by atoms with E-state index in [1.54, 1.807) is 6.07 Å². The first-order valence-electron chi connectivity index (χ1n) is 5.63. The lowest BCUT2D eigenvalue weighted by Gasteiger charge is -2.06. The first-order valence-corrected chi connectivity index (χ1v) is 6.01. The summed E-state index contributed by atoms with van der Waals surface area (Å²) in [4.78, 5) is 11.5. The third-order valence-corrected chi connectivity index (χ3v) is 2.87. The normalized spacial score (nSPS) is 14.7. The number of anilines is 1. The van der Waals surface area contributed by atoms with Crippen molar-refractivity contribution in [2.75, 3.05) is 11.9 Å². The van der Waals surface area contributed by atoms with Gasteiger partial charge in [0.1, 0.15) is 5.82 Å². The molecule has 1 amide bonds. The molecule has 1 aromatic rings. The molecule has 0 saturated heterocycles. The Morgan fingerprint density at radius 3 is 2.88 bits per heavy atom. The molecule has 1 saturated carbocycles. The summed E-state index contributed by atoms with van der Waals surface area (Å²) >= 11 is 5.54. The molecule has 1 aliphatic rings. The molecule has 0 heterocycles. The summed E-state index contributed by atoms with van der Waals surface area (Å²) in [5, 5.41) is 5.92. The maximum Gasteiger partial charge on any atom is 0.225 e. The Bertz CT molecular complexity index is 421. The Morgan fingerprint density at radius 2 is 2.24 bits per heavy atom. The predicted octanol–water partition coefficient (Wildman–Crippen LogP) is 2.56. The van der Waals surface area contributed by atoms with Crippen molar-refractivity contribution in [1.29, 1.82) is 0 Å². The summed E-state index contributed by atoms with van der Waals surface area (Å²) in [6.07, 6.45) is 2.79. The molecule has 1 aliphatic carbocycles. The van der Waals surface area contributed by atoms with Crippen molar-refractivity contribution < 1.29 is 9.18 Å². The zero-order valence-corrected chi connectivity index (χ0v) is 10.1. The highest BCUT2D eigenvalue weighted by Crippen LogP contribution is 2.19. The molecule has 0 aromatic heterocycles. The molecule has 1 fully saturated rings. The van der Waals surface area contributed by atoms with Crippen molar-refractivity contribution in [2.24, 2.45) is 0 Å². The molecule has 0 unspecified atom stereocenters. The molecule has 92 valence electrons. The van der Waals surface area contributed by atoms with E-state index in [1.807, 2.05) is 0 Å². The van der Waals surface area contributed by atoms with Crippen LogP contribution in [0.5, 0.6) is 0 Å².